The number of hydrogen-bond donors (Lipinski definition) is 1. The molecule has 0 aliphatic carbocycles. The van der Waals surface area contributed by atoms with Crippen molar-refractivity contribution in [2.45, 2.75) is 6.43 Å². The summed E-state index contributed by atoms with van der Waals surface area (Å²) in [6.07, 6.45) is 0.837. The standard InChI is InChI=1S/C11H7F2N3O2/c12-9(13)8-7(11(17)18)5-15-10(16-8)6-1-3-14-4-2-6/h1-5,9H,(H,17,18). The number of aromatic carboxylic acids is 1. The second kappa shape index (κ2) is 4.82. The third-order valence-electron chi connectivity index (χ3n) is 2.19. The smallest absolute Gasteiger partial charge is 0.339 e. The Bertz CT molecular complexity index is 576. The van der Waals surface area contributed by atoms with E-state index in [2.05, 4.69) is 15.0 Å². The zero-order chi connectivity index (χ0) is 13.1. The topological polar surface area (TPSA) is 76.0 Å². The molecule has 0 saturated carbocycles. The van der Waals surface area contributed by atoms with Gasteiger partial charge in [0.1, 0.15) is 11.3 Å². The van der Waals surface area contributed by atoms with Crippen LogP contribution in [0.5, 0.6) is 0 Å². The number of hydrogen-bond acceptors (Lipinski definition) is 4. The molecule has 0 fully saturated rings. The maximum atomic E-state index is 12.7. The van der Waals surface area contributed by atoms with E-state index in [0.29, 0.717) is 5.56 Å². The summed E-state index contributed by atoms with van der Waals surface area (Å²) in [6.45, 7) is 0. The lowest BCUT2D eigenvalue weighted by molar-refractivity contribution is 0.0681. The van der Waals surface area contributed by atoms with Crippen molar-refractivity contribution in [2.75, 3.05) is 0 Å². The molecule has 0 aliphatic heterocycles. The first kappa shape index (κ1) is 12.0. The molecule has 2 heterocycles. The molecule has 0 atom stereocenters. The lowest BCUT2D eigenvalue weighted by Gasteiger charge is -2.06. The van der Waals surface area contributed by atoms with Crippen molar-refractivity contribution in [1.29, 1.82) is 0 Å². The van der Waals surface area contributed by atoms with Gasteiger partial charge in [0.05, 0.1) is 0 Å². The molecule has 2 aromatic rings. The van der Waals surface area contributed by atoms with Gasteiger partial charge in [-0.05, 0) is 12.1 Å². The number of alkyl halides is 2. The summed E-state index contributed by atoms with van der Waals surface area (Å²) in [5.74, 6) is -1.44. The highest BCUT2D eigenvalue weighted by atomic mass is 19.3. The van der Waals surface area contributed by atoms with Crippen molar-refractivity contribution >= 4 is 5.97 Å². The number of nitrogens with zero attached hydrogens (tertiary/aromatic N) is 3. The molecule has 92 valence electrons. The van der Waals surface area contributed by atoms with Crippen molar-refractivity contribution in [3.8, 4) is 11.4 Å². The molecule has 0 radical (unpaired) electrons. The minimum atomic E-state index is -2.97. The summed E-state index contributed by atoms with van der Waals surface area (Å²) in [4.78, 5) is 21.9. The van der Waals surface area contributed by atoms with Crippen LogP contribution in [-0.2, 0) is 0 Å². The van der Waals surface area contributed by atoms with Gasteiger partial charge in [0, 0.05) is 24.2 Å². The second-order valence-corrected chi connectivity index (χ2v) is 3.33. The van der Waals surface area contributed by atoms with E-state index >= 15 is 0 Å². The molecule has 1 N–H and O–H groups in total. The molecule has 18 heavy (non-hydrogen) atoms. The average Bonchev–Trinajstić information content (AvgIpc) is 2.39. The molecule has 7 heteroatoms. The van der Waals surface area contributed by atoms with Gasteiger partial charge < -0.3 is 5.11 Å². The average molecular weight is 251 g/mol. The van der Waals surface area contributed by atoms with Crippen LogP contribution in [0, 0.1) is 0 Å². The second-order valence-electron chi connectivity index (χ2n) is 3.33. The fourth-order valence-corrected chi connectivity index (χ4v) is 1.37. The monoisotopic (exact) mass is 251 g/mol. The number of carboxylic acids is 1. The Morgan fingerprint density at radius 1 is 1.28 bits per heavy atom. The highest BCUT2D eigenvalue weighted by Crippen LogP contribution is 2.23. The SMILES string of the molecule is O=C(O)c1cnc(-c2ccncc2)nc1C(F)F. The first-order valence-corrected chi connectivity index (χ1v) is 4.88. The Labute approximate surface area is 100 Å². The first-order valence-electron chi connectivity index (χ1n) is 4.88. The van der Waals surface area contributed by atoms with E-state index < -0.39 is 23.7 Å². The summed E-state index contributed by atoms with van der Waals surface area (Å²) in [6, 6.07) is 3.09. The molecule has 0 amide bonds. The van der Waals surface area contributed by atoms with Crippen LogP contribution in [0.15, 0.2) is 30.7 Å². The van der Waals surface area contributed by atoms with Crippen LogP contribution in [0.4, 0.5) is 8.78 Å². The maximum Gasteiger partial charge on any atom is 0.339 e. The Morgan fingerprint density at radius 2 is 1.94 bits per heavy atom. The number of carboxylic acid groups (broad SMARTS) is 1. The molecule has 2 aromatic heterocycles. The lowest BCUT2D eigenvalue weighted by Crippen LogP contribution is -2.07. The van der Waals surface area contributed by atoms with Crippen molar-refractivity contribution in [3.05, 3.63) is 42.0 Å². The molecule has 0 bridgehead atoms. The maximum absolute atomic E-state index is 12.7. The quantitative estimate of drug-likeness (QED) is 0.904. The van der Waals surface area contributed by atoms with Gasteiger partial charge >= 0.3 is 5.97 Å². The molecular weight excluding hydrogens is 244 g/mol. The van der Waals surface area contributed by atoms with Gasteiger partial charge in [0.15, 0.2) is 5.82 Å². The van der Waals surface area contributed by atoms with Crippen molar-refractivity contribution in [2.24, 2.45) is 0 Å². The van der Waals surface area contributed by atoms with Crippen LogP contribution in [0.3, 0.4) is 0 Å². The lowest BCUT2D eigenvalue weighted by atomic mass is 10.2. The normalized spacial score (nSPS) is 10.6. The van der Waals surface area contributed by atoms with E-state index in [0.717, 1.165) is 6.20 Å². The van der Waals surface area contributed by atoms with Gasteiger partial charge in [0.25, 0.3) is 6.43 Å². The Kier molecular flexibility index (Phi) is 3.22. The number of rotatable bonds is 3. The van der Waals surface area contributed by atoms with Crippen LogP contribution in [-0.4, -0.2) is 26.0 Å². The molecule has 0 spiro atoms. The highest BCUT2D eigenvalue weighted by molar-refractivity contribution is 5.88. The number of pyridine rings is 1. The predicted octanol–water partition coefficient (Wildman–Crippen LogP) is 2.17. The highest BCUT2D eigenvalue weighted by Gasteiger charge is 2.21. The van der Waals surface area contributed by atoms with Gasteiger partial charge in [-0.25, -0.2) is 23.5 Å². The van der Waals surface area contributed by atoms with Crippen LogP contribution in [0.2, 0.25) is 0 Å². The predicted molar refractivity (Wildman–Crippen MR) is 57.2 cm³/mol. The van der Waals surface area contributed by atoms with E-state index in [1.165, 1.54) is 12.4 Å². The van der Waals surface area contributed by atoms with E-state index in [9.17, 15) is 13.6 Å². The Morgan fingerprint density at radius 3 is 2.50 bits per heavy atom. The van der Waals surface area contributed by atoms with Crippen LogP contribution in [0.25, 0.3) is 11.4 Å². The number of carbonyl (C=O) groups is 1. The van der Waals surface area contributed by atoms with Gasteiger partial charge in [-0.3, -0.25) is 4.98 Å². The summed E-state index contributed by atoms with van der Waals surface area (Å²) in [7, 11) is 0. The molecule has 5 nitrogen and oxygen atoms in total. The van der Waals surface area contributed by atoms with Crippen molar-refractivity contribution < 1.29 is 18.7 Å². The van der Waals surface area contributed by atoms with Crippen LogP contribution in [0.1, 0.15) is 22.5 Å². The Balaban J connectivity index is 2.54. The summed E-state index contributed by atoms with van der Waals surface area (Å²) in [5, 5.41) is 8.75. The fraction of sp³-hybridized carbons (Fsp3) is 0.0909. The molecule has 0 aromatic carbocycles. The van der Waals surface area contributed by atoms with Gasteiger partial charge in [-0.2, -0.15) is 0 Å². The van der Waals surface area contributed by atoms with E-state index in [4.69, 9.17) is 5.11 Å². The summed E-state index contributed by atoms with van der Waals surface area (Å²) in [5.41, 5.74) is -0.893. The number of halogens is 2. The third-order valence-corrected chi connectivity index (χ3v) is 2.19. The first-order chi connectivity index (χ1) is 8.59. The molecule has 0 saturated heterocycles. The summed E-state index contributed by atoms with van der Waals surface area (Å²) < 4.78 is 25.4. The molecule has 2 rings (SSSR count). The molecule has 0 unspecified atom stereocenters. The summed E-state index contributed by atoms with van der Waals surface area (Å²) >= 11 is 0. The van der Waals surface area contributed by atoms with Crippen molar-refractivity contribution in [3.63, 3.8) is 0 Å². The van der Waals surface area contributed by atoms with Crippen molar-refractivity contribution in [1.82, 2.24) is 15.0 Å². The fourth-order valence-electron chi connectivity index (χ4n) is 1.37. The largest absolute Gasteiger partial charge is 0.478 e. The van der Waals surface area contributed by atoms with Crippen LogP contribution < -0.4 is 0 Å². The van der Waals surface area contributed by atoms with Crippen LogP contribution >= 0.6 is 0 Å². The minimum absolute atomic E-state index is 0.0395. The van der Waals surface area contributed by atoms with Gasteiger partial charge in [0.2, 0.25) is 0 Å². The van der Waals surface area contributed by atoms with E-state index in [-0.39, 0.29) is 5.82 Å². The van der Waals surface area contributed by atoms with E-state index in [1.54, 1.807) is 12.1 Å². The number of aromatic nitrogens is 3. The molecule has 0 aliphatic rings. The van der Waals surface area contributed by atoms with Gasteiger partial charge in [-0.1, -0.05) is 0 Å². The third kappa shape index (κ3) is 2.29. The Hall–Kier alpha value is -2.44. The zero-order valence-electron chi connectivity index (χ0n) is 8.92. The molecular formula is C11H7F2N3O2. The van der Waals surface area contributed by atoms with Gasteiger partial charge in [-0.15, -0.1) is 0 Å². The zero-order valence-corrected chi connectivity index (χ0v) is 8.92. The minimum Gasteiger partial charge on any atom is -0.478 e. The van der Waals surface area contributed by atoms with E-state index in [1.807, 2.05) is 0 Å².